The first kappa shape index (κ1) is 17.7. The third-order valence-electron chi connectivity index (χ3n) is 3.58. The minimum Gasteiger partial charge on any atom is -0.497 e. The molecule has 0 saturated heterocycles. The number of nitrogens with zero attached hydrogens (tertiary/aromatic N) is 2. The van der Waals surface area contributed by atoms with E-state index in [-0.39, 0.29) is 11.6 Å². The molecule has 0 aliphatic heterocycles. The van der Waals surface area contributed by atoms with E-state index in [0.717, 1.165) is 11.3 Å². The van der Waals surface area contributed by atoms with E-state index in [2.05, 4.69) is 20.6 Å². The average molecular weight is 369 g/mol. The number of ether oxygens (including phenoxy) is 1. The van der Waals surface area contributed by atoms with Crippen molar-refractivity contribution >= 4 is 29.1 Å². The topological polar surface area (TPSA) is 76.1 Å². The Labute approximate surface area is 156 Å². The van der Waals surface area contributed by atoms with Crippen molar-refractivity contribution in [1.82, 2.24) is 9.97 Å². The summed E-state index contributed by atoms with van der Waals surface area (Å²) < 4.78 is 5.13. The Bertz CT molecular complexity index is 900. The third-order valence-corrected chi connectivity index (χ3v) is 3.82. The van der Waals surface area contributed by atoms with Crippen LogP contribution in [0.25, 0.3) is 0 Å². The molecule has 3 rings (SSSR count). The molecule has 0 radical (unpaired) electrons. The average Bonchev–Trinajstić information content (AvgIpc) is 2.67. The number of hydrogen-bond donors (Lipinski definition) is 2. The van der Waals surface area contributed by atoms with Crippen molar-refractivity contribution in [3.8, 4) is 5.75 Å². The molecule has 0 bridgehead atoms. The van der Waals surface area contributed by atoms with Crippen molar-refractivity contribution in [1.29, 1.82) is 0 Å². The molecule has 0 fully saturated rings. The van der Waals surface area contributed by atoms with E-state index in [0.29, 0.717) is 23.2 Å². The van der Waals surface area contributed by atoms with Crippen LogP contribution in [-0.2, 0) is 6.54 Å². The Balaban J connectivity index is 1.64. The molecule has 0 atom stereocenters. The Morgan fingerprint density at radius 2 is 1.96 bits per heavy atom. The molecular formula is C19H17ClN4O2. The van der Waals surface area contributed by atoms with Gasteiger partial charge >= 0.3 is 0 Å². The van der Waals surface area contributed by atoms with Gasteiger partial charge in [-0.05, 0) is 42.0 Å². The number of hydrogen-bond acceptors (Lipinski definition) is 5. The van der Waals surface area contributed by atoms with Gasteiger partial charge in [0, 0.05) is 23.5 Å². The number of anilines is 2. The van der Waals surface area contributed by atoms with E-state index in [1.165, 1.54) is 6.20 Å². The number of benzene rings is 2. The van der Waals surface area contributed by atoms with Crippen molar-refractivity contribution in [2.24, 2.45) is 0 Å². The lowest BCUT2D eigenvalue weighted by atomic mass is 10.2. The summed E-state index contributed by atoms with van der Waals surface area (Å²) in [7, 11) is 1.63. The lowest BCUT2D eigenvalue weighted by molar-refractivity contribution is 0.102. The molecule has 3 aromatic rings. The van der Waals surface area contributed by atoms with Crippen LogP contribution >= 0.6 is 11.6 Å². The van der Waals surface area contributed by atoms with Gasteiger partial charge < -0.3 is 15.4 Å². The SMILES string of the molecule is COc1ccc(CNc2nccc(C(=O)Nc3cccc(Cl)c3)n2)cc1. The molecule has 26 heavy (non-hydrogen) atoms. The molecule has 0 aliphatic rings. The highest BCUT2D eigenvalue weighted by Gasteiger charge is 2.09. The summed E-state index contributed by atoms with van der Waals surface area (Å²) >= 11 is 5.92. The van der Waals surface area contributed by atoms with Gasteiger partial charge in [0.05, 0.1) is 7.11 Å². The first-order valence-electron chi connectivity index (χ1n) is 7.91. The number of halogens is 1. The highest BCUT2D eigenvalue weighted by atomic mass is 35.5. The van der Waals surface area contributed by atoms with E-state index < -0.39 is 0 Å². The predicted molar refractivity (Wildman–Crippen MR) is 102 cm³/mol. The summed E-state index contributed by atoms with van der Waals surface area (Å²) in [6.45, 7) is 0.531. The number of nitrogens with one attached hydrogen (secondary N) is 2. The summed E-state index contributed by atoms with van der Waals surface area (Å²) in [6, 6.07) is 16.1. The van der Waals surface area contributed by atoms with E-state index in [1.807, 2.05) is 24.3 Å². The fraction of sp³-hybridized carbons (Fsp3) is 0.105. The van der Waals surface area contributed by atoms with Crippen molar-refractivity contribution in [3.63, 3.8) is 0 Å². The summed E-state index contributed by atoms with van der Waals surface area (Å²) in [5, 5.41) is 6.41. The summed E-state index contributed by atoms with van der Waals surface area (Å²) in [4.78, 5) is 20.7. The Kier molecular flexibility index (Phi) is 5.66. The van der Waals surface area contributed by atoms with Crippen LogP contribution in [-0.4, -0.2) is 23.0 Å². The van der Waals surface area contributed by atoms with E-state index in [9.17, 15) is 4.79 Å². The molecule has 6 nitrogen and oxygen atoms in total. The van der Waals surface area contributed by atoms with E-state index >= 15 is 0 Å². The van der Waals surface area contributed by atoms with Crippen LogP contribution in [0.1, 0.15) is 16.1 Å². The highest BCUT2D eigenvalue weighted by molar-refractivity contribution is 6.30. The van der Waals surface area contributed by atoms with Gasteiger partial charge in [0.25, 0.3) is 5.91 Å². The van der Waals surface area contributed by atoms with Crippen molar-refractivity contribution in [2.75, 3.05) is 17.7 Å². The Morgan fingerprint density at radius 1 is 1.15 bits per heavy atom. The highest BCUT2D eigenvalue weighted by Crippen LogP contribution is 2.16. The first-order chi connectivity index (χ1) is 12.6. The second-order valence-electron chi connectivity index (χ2n) is 5.43. The van der Waals surface area contributed by atoms with Gasteiger partial charge in [-0.1, -0.05) is 29.8 Å². The lowest BCUT2D eigenvalue weighted by Gasteiger charge is -2.08. The summed E-state index contributed by atoms with van der Waals surface area (Å²) in [5.41, 5.74) is 1.91. The zero-order valence-electron chi connectivity index (χ0n) is 14.1. The molecule has 0 saturated carbocycles. The number of carbonyl (C=O) groups is 1. The Morgan fingerprint density at radius 3 is 2.69 bits per heavy atom. The minimum atomic E-state index is -0.331. The largest absolute Gasteiger partial charge is 0.497 e. The van der Waals surface area contributed by atoms with Crippen LogP contribution in [0, 0.1) is 0 Å². The van der Waals surface area contributed by atoms with Crippen LogP contribution in [0.15, 0.2) is 60.8 Å². The van der Waals surface area contributed by atoms with Gasteiger partial charge in [-0.25, -0.2) is 9.97 Å². The standard InChI is InChI=1S/C19H17ClN4O2/c1-26-16-7-5-13(6-8-16)12-22-19-21-10-9-17(24-19)18(25)23-15-4-2-3-14(20)11-15/h2-11H,12H2,1H3,(H,23,25)(H,21,22,24). The van der Waals surface area contributed by atoms with Crippen LogP contribution in [0.5, 0.6) is 5.75 Å². The number of amides is 1. The maximum atomic E-state index is 12.3. The van der Waals surface area contributed by atoms with Gasteiger partial charge in [-0.15, -0.1) is 0 Å². The zero-order chi connectivity index (χ0) is 18.4. The van der Waals surface area contributed by atoms with Crippen molar-refractivity contribution < 1.29 is 9.53 Å². The molecule has 1 aromatic heterocycles. The maximum absolute atomic E-state index is 12.3. The fourth-order valence-electron chi connectivity index (χ4n) is 2.26. The van der Waals surface area contributed by atoms with Gasteiger partial charge in [0.1, 0.15) is 11.4 Å². The smallest absolute Gasteiger partial charge is 0.274 e. The number of carbonyl (C=O) groups excluding carboxylic acids is 1. The lowest BCUT2D eigenvalue weighted by Crippen LogP contribution is -2.15. The van der Waals surface area contributed by atoms with Gasteiger partial charge in [0.2, 0.25) is 5.95 Å². The second-order valence-corrected chi connectivity index (χ2v) is 5.87. The molecule has 132 valence electrons. The number of methoxy groups -OCH3 is 1. The quantitative estimate of drug-likeness (QED) is 0.687. The Hall–Kier alpha value is -3.12. The predicted octanol–water partition coefficient (Wildman–Crippen LogP) is 4.00. The third kappa shape index (κ3) is 4.70. The van der Waals surface area contributed by atoms with Crippen LogP contribution in [0.2, 0.25) is 5.02 Å². The molecule has 2 N–H and O–H groups in total. The van der Waals surface area contributed by atoms with Gasteiger partial charge in [-0.3, -0.25) is 4.79 Å². The number of rotatable bonds is 6. The summed E-state index contributed by atoms with van der Waals surface area (Å²) in [5.74, 6) is 0.839. The molecule has 7 heteroatoms. The van der Waals surface area contributed by atoms with Crippen LogP contribution in [0.4, 0.5) is 11.6 Å². The normalized spacial score (nSPS) is 10.2. The molecule has 0 unspecified atom stereocenters. The summed E-state index contributed by atoms with van der Waals surface area (Å²) in [6.07, 6.45) is 1.54. The molecule has 0 spiro atoms. The maximum Gasteiger partial charge on any atom is 0.274 e. The molecule has 1 heterocycles. The molecule has 2 aromatic carbocycles. The van der Waals surface area contributed by atoms with Crippen LogP contribution < -0.4 is 15.4 Å². The van der Waals surface area contributed by atoms with Crippen molar-refractivity contribution in [2.45, 2.75) is 6.54 Å². The van der Waals surface area contributed by atoms with Crippen LogP contribution in [0.3, 0.4) is 0 Å². The fourth-order valence-corrected chi connectivity index (χ4v) is 2.45. The first-order valence-corrected chi connectivity index (χ1v) is 8.28. The molecule has 1 amide bonds. The zero-order valence-corrected chi connectivity index (χ0v) is 14.8. The van der Waals surface area contributed by atoms with Gasteiger partial charge in [-0.2, -0.15) is 0 Å². The minimum absolute atomic E-state index is 0.261. The molecule has 0 aliphatic carbocycles. The monoisotopic (exact) mass is 368 g/mol. The van der Waals surface area contributed by atoms with E-state index in [4.69, 9.17) is 16.3 Å². The number of aromatic nitrogens is 2. The van der Waals surface area contributed by atoms with E-state index in [1.54, 1.807) is 37.4 Å². The molecular weight excluding hydrogens is 352 g/mol. The van der Waals surface area contributed by atoms with Gasteiger partial charge in [0.15, 0.2) is 0 Å². The second kappa shape index (κ2) is 8.31. The van der Waals surface area contributed by atoms with Crippen molar-refractivity contribution in [3.05, 3.63) is 77.1 Å².